The molecule has 2 heterocycles. The van der Waals surface area contributed by atoms with E-state index in [4.69, 9.17) is 18.9 Å². The highest BCUT2D eigenvalue weighted by Crippen LogP contribution is 2.42. The summed E-state index contributed by atoms with van der Waals surface area (Å²) in [5, 5.41) is 0. The average molecular weight is 344 g/mol. The summed E-state index contributed by atoms with van der Waals surface area (Å²) in [5.41, 5.74) is 1.46. The lowest BCUT2D eigenvalue weighted by molar-refractivity contribution is -0.130. The first kappa shape index (κ1) is 16.5. The van der Waals surface area contributed by atoms with Crippen LogP contribution in [0.2, 0.25) is 0 Å². The van der Waals surface area contributed by atoms with E-state index in [1.165, 1.54) is 0 Å². The predicted octanol–water partition coefficient (Wildman–Crippen LogP) is 3.22. The lowest BCUT2D eigenvalue weighted by Crippen LogP contribution is -2.45. The number of carbonyl (C=O) groups is 1. The second-order valence-corrected chi connectivity index (χ2v) is 6.95. The van der Waals surface area contributed by atoms with Crippen molar-refractivity contribution in [2.45, 2.75) is 38.4 Å². The monoisotopic (exact) mass is 344 g/mol. The van der Waals surface area contributed by atoms with Gasteiger partial charge in [-0.2, -0.15) is 0 Å². The molecule has 4 rings (SSSR count). The highest BCUT2D eigenvalue weighted by molar-refractivity contribution is 6.22. The zero-order chi connectivity index (χ0) is 17.4. The fraction of sp³-hybridized carbons (Fsp3) is 0.550. The van der Waals surface area contributed by atoms with Crippen molar-refractivity contribution in [1.29, 1.82) is 0 Å². The Bertz CT molecular complexity index is 695. The molecule has 5 nitrogen and oxygen atoms in total. The molecule has 0 aromatic heterocycles. The third kappa shape index (κ3) is 2.91. The van der Waals surface area contributed by atoms with E-state index in [2.05, 4.69) is 6.92 Å². The molecule has 1 aromatic rings. The number of allylic oxidation sites excluding steroid dienone is 1. The maximum atomic E-state index is 13.1. The normalized spacial score (nSPS) is 31.0. The second-order valence-electron chi connectivity index (χ2n) is 6.95. The summed E-state index contributed by atoms with van der Waals surface area (Å²) in [7, 11) is 1.74. The van der Waals surface area contributed by atoms with Gasteiger partial charge in [0.05, 0.1) is 23.9 Å². The van der Waals surface area contributed by atoms with Gasteiger partial charge in [0.1, 0.15) is 19.3 Å². The molecular weight excluding hydrogens is 320 g/mol. The average Bonchev–Trinajstić information content (AvgIpc) is 2.67. The maximum Gasteiger partial charge on any atom is 0.173 e. The smallest absolute Gasteiger partial charge is 0.173 e. The van der Waals surface area contributed by atoms with E-state index >= 15 is 0 Å². The van der Waals surface area contributed by atoms with Crippen molar-refractivity contribution in [1.82, 2.24) is 0 Å². The van der Waals surface area contributed by atoms with Gasteiger partial charge in [-0.15, -0.1) is 0 Å². The largest absolute Gasteiger partial charge is 0.496 e. The number of ketones is 1. The summed E-state index contributed by atoms with van der Waals surface area (Å²) in [6, 6.07) is 5.64. The van der Waals surface area contributed by atoms with Crippen molar-refractivity contribution < 1.29 is 23.7 Å². The van der Waals surface area contributed by atoms with Gasteiger partial charge in [0.25, 0.3) is 0 Å². The Morgan fingerprint density at radius 1 is 1.16 bits per heavy atom. The molecule has 4 unspecified atom stereocenters. The Balaban J connectivity index is 1.60. The first-order valence-corrected chi connectivity index (χ1v) is 9.04. The van der Waals surface area contributed by atoms with E-state index in [1.807, 2.05) is 18.2 Å². The van der Waals surface area contributed by atoms with Crippen molar-refractivity contribution in [3.63, 3.8) is 0 Å². The van der Waals surface area contributed by atoms with E-state index in [-0.39, 0.29) is 23.9 Å². The molecule has 0 radical (unpaired) electrons. The Hall–Kier alpha value is -2.01. The molecule has 2 aliphatic heterocycles. The molecule has 3 aliphatic rings. The number of hydrogen-bond donors (Lipinski definition) is 0. The summed E-state index contributed by atoms with van der Waals surface area (Å²) in [6.07, 6.45) is 4.31. The number of ether oxygens (including phenoxy) is 4. The summed E-state index contributed by atoms with van der Waals surface area (Å²) >= 11 is 0. The molecule has 0 bridgehead atoms. The molecule has 0 N–H and O–H groups in total. The van der Waals surface area contributed by atoms with Crippen LogP contribution in [-0.4, -0.2) is 38.3 Å². The van der Waals surface area contributed by atoms with Crippen LogP contribution >= 0.6 is 0 Å². The molecule has 0 amide bonds. The molecule has 5 heteroatoms. The van der Waals surface area contributed by atoms with Crippen LogP contribution in [0.25, 0.3) is 5.57 Å². The van der Waals surface area contributed by atoms with Crippen molar-refractivity contribution in [3.8, 4) is 11.5 Å². The van der Waals surface area contributed by atoms with Gasteiger partial charge in [-0.25, -0.2) is 0 Å². The topological polar surface area (TPSA) is 54.0 Å². The minimum absolute atomic E-state index is 0.0822. The minimum Gasteiger partial charge on any atom is -0.496 e. The number of carbonyl (C=O) groups excluding carboxylic acids is 1. The standard InChI is InChI=1S/C20H24O5/c1-3-12-8-14-18(10-17(12)22-2)25-11-15(20(14)21)13-4-5-16-19(9-13)24-7-6-23-16/h4-5,9,11-12,14,17-18H,3,6-8,10H2,1-2H3. The molecule has 1 aromatic carbocycles. The predicted molar refractivity (Wildman–Crippen MR) is 92.6 cm³/mol. The molecule has 1 aliphatic carbocycles. The van der Waals surface area contributed by atoms with E-state index in [0.717, 1.165) is 30.6 Å². The molecule has 4 atom stereocenters. The molecule has 1 saturated carbocycles. The Morgan fingerprint density at radius 2 is 1.96 bits per heavy atom. The maximum absolute atomic E-state index is 13.1. The van der Waals surface area contributed by atoms with Crippen LogP contribution < -0.4 is 9.47 Å². The fourth-order valence-electron chi connectivity index (χ4n) is 4.19. The van der Waals surface area contributed by atoms with Crippen LogP contribution in [0.4, 0.5) is 0 Å². The zero-order valence-corrected chi connectivity index (χ0v) is 14.7. The number of methoxy groups -OCH3 is 1. The van der Waals surface area contributed by atoms with Gasteiger partial charge in [0.2, 0.25) is 0 Å². The second kappa shape index (κ2) is 6.71. The van der Waals surface area contributed by atoms with E-state index < -0.39 is 0 Å². The molecular formula is C20H24O5. The molecule has 0 saturated heterocycles. The highest BCUT2D eigenvalue weighted by atomic mass is 16.6. The van der Waals surface area contributed by atoms with Crippen LogP contribution in [0.15, 0.2) is 24.5 Å². The third-order valence-corrected chi connectivity index (χ3v) is 5.64. The van der Waals surface area contributed by atoms with Gasteiger partial charge in [-0.3, -0.25) is 4.79 Å². The summed E-state index contributed by atoms with van der Waals surface area (Å²) in [5.74, 6) is 1.89. The third-order valence-electron chi connectivity index (χ3n) is 5.64. The zero-order valence-electron chi connectivity index (χ0n) is 14.7. The number of benzene rings is 1. The van der Waals surface area contributed by atoms with Crippen molar-refractivity contribution >= 4 is 11.4 Å². The number of fused-ring (bicyclic) bond motifs is 2. The van der Waals surface area contributed by atoms with E-state index in [0.29, 0.717) is 30.5 Å². The number of Topliss-reactive ketones (excluding diaryl/α,β-unsaturated/α-hetero) is 1. The lowest BCUT2D eigenvalue weighted by atomic mass is 9.72. The van der Waals surface area contributed by atoms with E-state index in [1.54, 1.807) is 13.4 Å². The lowest BCUT2D eigenvalue weighted by Gasteiger charge is -2.41. The van der Waals surface area contributed by atoms with Gasteiger partial charge in [0.15, 0.2) is 17.3 Å². The first-order chi connectivity index (χ1) is 12.2. The van der Waals surface area contributed by atoms with E-state index in [9.17, 15) is 4.79 Å². The molecule has 1 fully saturated rings. The summed E-state index contributed by atoms with van der Waals surface area (Å²) in [6.45, 7) is 3.24. The van der Waals surface area contributed by atoms with Crippen LogP contribution in [0.1, 0.15) is 31.7 Å². The van der Waals surface area contributed by atoms with Gasteiger partial charge in [-0.05, 0) is 30.0 Å². The van der Waals surface area contributed by atoms with Crippen LogP contribution in [0.5, 0.6) is 11.5 Å². The van der Waals surface area contributed by atoms with Crippen molar-refractivity contribution in [2.75, 3.05) is 20.3 Å². The van der Waals surface area contributed by atoms with Crippen LogP contribution in [-0.2, 0) is 14.3 Å². The first-order valence-electron chi connectivity index (χ1n) is 9.04. The summed E-state index contributed by atoms with van der Waals surface area (Å²) < 4.78 is 22.8. The number of rotatable bonds is 3. The molecule has 134 valence electrons. The Kier molecular flexibility index (Phi) is 4.42. The van der Waals surface area contributed by atoms with Gasteiger partial charge >= 0.3 is 0 Å². The highest BCUT2D eigenvalue weighted by Gasteiger charge is 2.44. The Morgan fingerprint density at radius 3 is 2.72 bits per heavy atom. The van der Waals surface area contributed by atoms with Gasteiger partial charge in [0, 0.05) is 13.5 Å². The van der Waals surface area contributed by atoms with Crippen molar-refractivity contribution in [3.05, 3.63) is 30.0 Å². The van der Waals surface area contributed by atoms with Gasteiger partial charge in [-0.1, -0.05) is 19.4 Å². The van der Waals surface area contributed by atoms with Gasteiger partial charge < -0.3 is 18.9 Å². The van der Waals surface area contributed by atoms with Crippen LogP contribution in [0.3, 0.4) is 0 Å². The molecule has 25 heavy (non-hydrogen) atoms. The quantitative estimate of drug-likeness (QED) is 0.843. The van der Waals surface area contributed by atoms with Crippen molar-refractivity contribution in [2.24, 2.45) is 11.8 Å². The van der Waals surface area contributed by atoms with Crippen LogP contribution in [0, 0.1) is 11.8 Å². The summed E-state index contributed by atoms with van der Waals surface area (Å²) in [4.78, 5) is 13.1. The molecule has 0 spiro atoms. The minimum atomic E-state index is -0.0930. The SMILES string of the molecule is CCC1CC2C(=O)C(c3ccc4c(c3)OCCO4)=COC2CC1OC. The number of hydrogen-bond acceptors (Lipinski definition) is 5. The fourth-order valence-corrected chi connectivity index (χ4v) is 4.19. The Labute approximate surface area is 147 Å².